The second kappa shape index (κ2) is 9.71. The third-order valence-electron chi connectivity index (χ3n) is 5.42. The number of benzene rings is 1. The molecular weight excluding hydrogens is 468 g/mol. The van der Waals surface area contributed by atoms with Crippen molar-refractivity contribution in [1.29, 1.82) is 0 Å². The highest BCUT2D eigenvalue weighted by atomic mass is 35.5. The summed E-state index contributed by atoms with van der Waals surface area (Å²) in [5, 5.41) is 11.8. The number of hydrogen-bond donors (Lipinski definition) is 1. The van der Waals surface area contributed by atoms with Gasteiger partial charge in [0.15, 0.2) is 18.1 Å². The summed E-state index contributed by atoms with van der Waals surface area (Å²) in [5.74, 6) is -0.887. The highest BCUT2D eigenvalue weighted by Gasteiger charge is 2.20. The summed E-state index contributed by atoms with van der Waals surface area (Å²) in [6.45, 7) is 8.90. The maximum Gasteiger partial charge on any atom is 0.359 e. The summed E-state index contributed by atoms with van der Waals surface area (Å²) in [4.78, 5) is 29.5. The fourth-order valence-electron chi connectivity index (χ4n) is 3.69. The number of pyridine rings is 1. The van der Waals surface area contributed by atoms with Gasteiger partial charge in [-0.05, 0) is 65.0 Å². The zero-order valence-electron chi connectivity index (χ0n) is 20.1. The van der Waals surface area contributed by atoms with E-state index in [1.807, 2.05) is 58.0 Å². The van der Waals surface area contributed by atoms with Gasteiger partial charge in [0.1, 0.15) is 0 Å². The third kappa shape index (κ3) is 5.09. The second-order valence-electron chi connectivity index (χ2n) is 8.26. The van der Waals surface area contributed by atoms with E-state index in [9.17, 15) is 9.59 Å². The summed E-state index contributed by atoms with van der Waals surface area (Å²) in [6, 6.07) is 13.0. The van der Waals surface area contributed by atoms with Gasteiger partial charge in [-0.15, -0.1) is 0 Å². The minimum Gasteiger partial charge on any atom is -0.451 e. The van der Waals surface area contributed by atoms with Crippen molar-refractivity contribution in [3.63, 3.8) is 0 Å². The van der Waals surface area contributed by atoms with Gasteiger partial charge in [-0.25, -0.2) is 19.1 Å². The lowest BCUT2D eigenvalue weighted by Crippen LogP contribution is -2.22. The van der Waals surface area contributed by atoms with E-state index in [4.69, 9.17) is 16.3 Å². The lowest BCUT2D eigenvalue weighted by molar-refractivity contribution is -0.119. The van der Waals surface area contributed by atoms with Crippen LogP contribution in [0.15, 0.2) is 42.5 Å². The van der Waals surface area contributed by atoms with Gasteiger partial charge in [-0.3, -0.25) is 4.79 Å². The molecule has 0 aliphatic carbocycles. The van der Waals surface area contributed by atoms with E-state index in [-0.39, 0.29) is 10.7 Å². The minimum atomic E-state index is -0.808. The largest absolute Gasteiger partial charge is 0.451 e. The predicted molar refractivity (Wildman–Crippen MR) is 133 cm³/mol. The fourth-order valence-corrected chi connectivity index (χ4v) is 3.87. The number of hydrogen-bond acceptors (Lipinski definition) is 6. The zero-order valence-corrected chi connectivity index (χ0v) is 20.8. The number of anilines is 1. The summed E-state index contributed by atoms with van der Waals surface area (Å²) in [6.07, 6.45) is 0. The Morgan fingerprint density at radius 2 is 1.69 bits per heavy atom. The fraction of sp³-hybridized carbons (Fsp3) is 0.240. The van der Waals surface area contributed by atoms with Gasteiger partial charge in [0.05, 0.1) is 33.5 Å². The van der Waals surface area contributed by atoms with Gasteiger partial charge in [-0.1, -0.05) is 29.3 Å². The van der Waals surface area contributed by atoms with Gasteiger partial charge >= 0.3 is 5.97 Å². The Balaban J connectivity index is 1.45. The molecule has 0 aliphatic rings. The zero-order chi connectivity index (χ0) is 25.3. The summed E-state index contributed by atoms with van der Waals surface area (Å²) in [7, 11) is 0. The molecule has 1 amide bonds. The summed E-state index contributed by atoms with van der Waals surface area (Å²) < 4.78 is 8.56. The van der Waals surface area contributed by atoms with E-state index in [1.54, 1.807) is 28.4 Å². The number of ether oxygens (including phenoxy) is 1. The molecule has 0 fully saturated rings. The molecule has 0 aliphatic heterocycles. The quantitative estimate of drug-likeness (QED) is 0.399. The molecule has 1 N–H and O–H groups in total. The van der Waals surface area contributed by atoms with Crippen LogP contribution in [0.4, 0.5) is 5.69 Å². The molecule has 0 bridgehead atoms. The number of carbonyl (C=O) groups is 2. The maximum absolute atomic E-state index is 12.7. The third-order valence-corrected chi connectivity index (χ3v) is 5.72. The van der Waals surface area contributed by atoms with Crippen LogP contribution in [0.1, 0.15) is 38.8 Å². The van der Waals surface area contributed by atoms with Gasteiger partial charge in [-0.2, -0.15) is 10.2 Å². The topological polar surface area (TPSA) is 104 Å². The van der Waals surface area contributed by atoms with Crippen molar-refractivity contribution in [1.82, 2.24) is 24.5 Å². The van der Waals surface area contributed by atoms with Crippen molar-refractivity contribution < 1.29 is 14.3 Å². The molecular formula is C25H25ClN6O3. The molecule has 3 heterocycles. The van der Waals surface area contributed by atoms with E-state index in [0.29, 0.717) is 17.2 Å². The standard InChI is InChI=1S/C25H25ClN6O3/c1-14-6-8-19(9-7-14)32-18(5)23(17(4)30-32)28-22(33)13-35-25(34)24-20(26)10-11-21(27-24)31-16(3)12-15(2)29-31/h6-12H,13H2,1-5H3,(H,28,33). The van der Waals surface area contributed by atoms with Crippen LogP contribution in [-0.4, -0.2) is 43.0 Å². The molecule has 180 valence electrons. The van der Waals surface area contributed by atoms with Crippen LogP contribution in [0, 0.1) is 34.6 Å². The molecule has 3 aromatic heterocycles. The Hall–Kier alpha value is -3.98. The first-order chi connectivity index (χ1) is 16.6. The Morgan fingerprint density at radius 1 is 0.971 bits per heavy atom. The van der Waals surface area contributed by atoms with Crippen molar-refractivity contribution in [3.05, 3.63) is 81.5 Å². The second-order valence-corrected chi connectivity index (χ2v) is 8.66. The van der Waals surface area contributed by atoms with Gasteiger partial charge in [0.2, 0.25) is 0 Å². The van der Waals surface area contributed by atoms with Crippen LogP contribution in [0.3, 0.4) is 0 Å². The molecule has 9 nitrogen and oxygen atoms in total. The van der Waals surface area contributed by atoms with E-state index in [1.165, 1.54) is 0 Å². The normalized spacial score (nSPS) is 10.9. The molecule has 0 saturated heterocycles. The molecule has 0 unspecified atom stereocenters. The monoisotopic (exact) mass is 492 g/mol. The van der Waals surface area contributed by atoms with E-state index in [0.717, 1.165) is 28.3 Å². The lowest BCUT2D eigenvalue weighted by Gasteiger charge is -2.10. The number of amides is 1. The molecule has 0 radical (unpaired) electrons. The Labute approximate surface area is 207 Å². The average molecular weight is 493 g/mol. The molecule has 0 spiro atoms. The van der Waals surface area contributed by atoms with Crippen LogP contribution in [0.5, 0.6) is 0 Å². The average Bonchev–Trinajstić information content (AvgIpc) is 3.30. The number of nitrogens with one attached hydrogen (secondary N) is 1. The lowest BCUT2D eigenvalue weighted by atomic mass is 10.2. The van der Waals surface area contributed by atoms with Crippen LogP contribution >= 0.6 is 11.6 Å². The summed E-state index contributed by atoms with van der Waals surface area (Å²) in [5.41, 5.74) is 5.56. The van der Waals surface area contributed by atoms with Crippen molar-refractivity contribution in [2.45, 2.75) is 34.6 Å². The number of nitrogens with zero attached hydrogens (tertiary/aromatic N) is 5. The molecule has 0 atom stereocenters. The number of carbonyl (C=O) groups excluding carboxylic acids is 2. The highest BCUT2D eigenvalue weighted by Crippen LogP contribution is 2.23. The first kappa shape index (κ1) is 24.2. The van der Waals surface area contributed by atoms with E-state index >= 15 is 0 Å². The molecule has 35 heavy (non-hydrogen) atoms. The smallest absolute Gasteiger partial charge is 0.359 e. The number of halogens is 1. The number of aromatic nitrogens is 5. The maximum atomic E-state index is 12.7. The minimum absolute atomic E-state index is 0.0935. The van der Waals surface area contributed by atoms with Gasteiger partial charge in [0, 0.05) is 5.69 Å². The SMILES string of the molecule is Cc1ccc(-n2nc(C)c(NC(=O)COC(=O)c3nc(-n4nc(C)cc4C)ccc3Cl)c2C)cc1. The van der Waals surface area contributed by atoms with Gasteiger partial charge in [0.25, 0.3) is 5.91 Å². The first-order valence-electron chi connectivity index (χ1n) is 10.9. The Kier molecular flexibility index (Phi) is 6.70. The number of esters is 1. The molecule has 10 heteroatoms. The van der Waals surface area contributed by atoms with Crippen molar-refractivity contribution in [2.24, 2.45) is 0 Å². The van der Waals surface area contributed by atoms with Crippen molar-refractivity contribution >= 4 is 29.2 Å². The first-order valence-corrected chi connectivity index (χ1v) is 11.3. The summed E-state index contributed by atoms with van der Waals surface area (Å²) >= 11 is 6.18. The molecule has 0 saturated carbocycles. The van der Waals surface area contributed by atoms with Crippen LogP contribution in [-0.2, 0) is 9.53 Å². The number of rotatable bonds is 6. The van der Waals surface area contributed by atoms with Crippen molar-refractivity contribution in [3.8, 4) is 11.5 Å². The van der Waals surface area contributed by atoms with E-state index < -0.39 is 18.5 Å². The predicted octanol–water partition coefficient (Wildman–Crippen LogP) is 4.44. The van der Waals surface area contributed by atoms with Crippen LogP contribution in [0.2, 0.25) is 5.02 Å². The van der Waals surface area contributed by atoms with Crippen LogP contribution in [0.25, 0.3) is 11.5 Å². The Morgan fingerprint density at radius 3 is 2.34 bits per heavy atom. The molecule has 4 aromatic rings. The van der Waals surface area contributed by atoms with Crippen LogP contribution < -0.4 is 5.32 Å². The van der Waals surface area contributed by atoms with Crippen molar-refractivity contribution in [2.75, 3.05) is 11.9 Å². The van der Waals surface area contributed by atoms with E-state index in [2.05, 4.69) is 20.5 Å². The molecule has 1 aromatic carbocycles. The highest BCUT2D eigenvalue weighted by molar-refractivity contribution is 6.33. The molecule has 4 rings (SSSR count). The Bertz CT molecular complexity index is 1420. The van der Waals surface area contributed by atoms with Gasteiger partial charge < -0.3 is 10.1 Å². The number of aryl methyl sites for hydroxylation is 4.